The van der Waals surface area contributed by atoms with Crippen molar-refractivity contribution in [2.24, 2.45) is 5.73 Å². The van der Waals surface area contributed by atoms with E-state index < -0.39 is 6.10 Å². The molecule has 3 heteroatoms. The average Bonchev–Trinajstić information content (AvgIpc) is 2.05. The van der Waals surface area contributed by atoms with E-state index >= 15 is 0 Å². The zero-order chi connectivity index (χ0) is 8.27. The van der Waals surface area contributed by atoms with Crippen LogP contribution in [-0.2, 0) is 0 Å². The van der Waals surface area contributed by atoms with Gasteiger partial charge >= 0.3 is 0 Å². The molecule has 0 amide bonds. The number of aliphatic hydroxyl groups is 1. The minimum Gasteiger partial charge on any atom is -0.387 e. The molecule has 0 saturated carbocycles. The first-order valence-electron chi connectivity index (χ1n) is 3.55. The summed E-state index contributed by atoms with van der Waals surface area (Å²) in [5.74, 6) is 0. The molecule has 0 unspecified atom stereocenters. The molecule has 0 aliphatic rings. The molecule has 1 rings (SSSR count). The predicted molar refractivity (Wildman–Crippen MR) is 42.8 cm³/mol. The van der Waals surface area contributed by atoms with Crippen molar-refractivity contribution in [3.63, 3.8) is 0 Å². The van der Waals surface area contributed by atoms with E-state index in [0.717, 1.165) is 5.56 Å². The SMILES string of the molecule is C[C@@H](N)[C@H](O)c1cccnc1. The fourth-order valence-electron chi connectivity index (χ4n) is 0.854. The largest absolute Gasteiger partial charge is 0.387 e. The second-order valence-corrected chi connectivity index (χ2v) is 2.59. The molecule has 0 spiro atoms. The number of aromatic nitrogens is 1. The third kappa shape index (κ3) is 2.00. The third-order valence-electron chi connectivity index (χ3n) is 1.52. The van der Waals surface area contributed by atoms with Crippen LogP contribution < -0.4 is 5.73 Å². The van der Waals surface area contributed by atoms with Gasteiger partial charge in [-0.2, -0.15) is 0 Å². The summed E-state index contributed by atoms with van der Waals surface area (Å²) in [6, 6.07) is 3.33. The van der Waals surface area contributed by atoms with Gasteiger partial charge in [0, 0.05) is 24.0 Å². The van der Waals surface area contributed by atoms with Crippen LogP contribution in [0.15, 0.2) is 24.5 Å². The van der Waals surface area contributed by atoms with Crippen LogP contribution in [0.1, 0.15) is 18.6 Å². The number of hydrogen-bond acceptors (Lipinski definition) is 3. The Balaban J connectivity index is 2.77. The number of nitrogens with two attached hydrogens (primary N) is 1. The number of nitrogens with zero attached hydrogens (tertiary/aromatic N) is 1. The number of pyridine rings is 1. The fraction of sp³-hybridized carbons (Fsp3) is 0.375. The van der Waals surface area contributed by atoms with Gasteiger partial charge in [-0.1, -0.05) is 6.07 Å². The Labute approximate surface area is 65.9 Å². The highest BCUT2D eigenvalue weighted by molar-refractivity contribution is 5.13. The van der Waals surface area contributed by atoms with E-state index in [9.17, 15) is 5.11 Å². The first-order valence-corrected chi connectivity index (χ1v) is 3.55. The van der Waals surface area contributed by atoms with Crippen LogP contribution in [-0.4, -0.2) is 16.1 Å². The Morgan fingerprint density at radius 3 is 2.82 bits per heavy atom. The van der Waals surface area contributed by atoms with Gasteiger partial charge in [0.25, 0.3) is 0 Å². The summed E-state index contributed by atoms with van der Waals surface area (Å²) in [5.41, 5.74) is 6.26. The zero-order valence-corrected chi connectivity index (χ0v) is 6.44. The Hall–Kier alpha value is -0.930. The van der Waals surface area contributed by atoms with Crippen molar-refractivity contribution in [2.75, 3.05) is 0 Å². The molecular weight excluding hydrogens is 140 g/mol. The van der Waals surface area contributed by atoms with Gasteiger partial charge in [0.2, 0.25) is 0 Å². The summed E-state index contributed by atoms with van der Waals surface area (Å²) in [6.07, 6.45) is 2.68. The average molecular weight is 152 g/mol. The second kappa shape index (κ2) is 3.46. The lowest BCUT2D eigenvalue weighted by Crippen LogP contribution is -2.24. The maximum Gasteiger partial charge on any atom is 0.0952 e. The van der Waals surface area contributed by atoms with Crippen molar-refractivity contribution in [3.8, 4) is 0 Å². The molecule has 3 N–H and O–H groups in total. The van der Waals surface area contributed by atoms with Crippen LogP contribution in [0.25, 0.3) is 0 Å². The van der Waals surface area contributed by atoms with Gasteiger partial charge in [-0.3, -0.25) is 4.98 Å². The Bertz CT molecular complexity index is 211. The van der Waals surface area contributed by atoms with Crippen molar-refractivity contribution in [3.05, 3.63) is 30.1 Å². The van der Waals surface area contributed by atoms with Crippen LogP contribution in [0.3, 0.4) is 0 Å². The summed E-state index contributed by atoms with van der Waals surface area (Å²) in [7, 11) is 0. The molecule has 1 heterocycles. The van der Waals surface area contributed by atoms with Crippen molar-refractivity contribution < 1.29 is 5.11 Å². The zero-order valence-electron chi connectivity index (χ0n) is 6.44. The summed E-state index contributed by atoms with van der Waals surface area (Å²) < 4.78 is 0. The van der Waals surface area contributed by atoms with E-state index in [2.05, 4.69) is 4.98 Å². The maximum absolute atomic E-state index is 9.43. The van der Waals surface area contributed by atoms with Gasteiger partial charge in [0.15, 0.2) is 0 Å². The second-order valence-electron chi connectivity index (χ2n) is 2.59. The fourth-order valence-corrected chi connectivity index (χ4v) is 0.854. The summed E-state index contributed by atoms with van der Waals surface area (Å²) in [4.78, 5) is 3.87. The topological polar surface area (TPSA) is 59.1 Å². The number of aliphatic hydroxyl groups excluding tert-OH is 1. The summed E-state index contributed by atoms with van der Waals surface area (Å²) in [6.45, 7) is 1.76. The van der Waals surface area contributed by atoms with Crippen molar-refractivity contribution >= 4 is 0 Å². The normalized spacial score (nSPS) is 15.9. The molecule has 0 radical (unpaired) electrons. The van der Waals surface area contributed by atoms with E-state index in [1.54, 1.807) is 31.5 Å². The summed E-state index contributed by atoms with van der Waals surface area (Å²) in [5, 5.41) is 9.43. The van der Waals surface area contributed by atoms with Crippen molar-refractivity contribution in [2.45, 2.75) is 19.1 Å². The molecule has 0 saturated heterocycles. The van der Waals surface area contributed by atoms with E-state index in [0.29, 0.717) is 0 Å². The van der Waals surface area contributed by atoms with Crippen LogP contribution in [0.5, 0.6) is 0 Å². The van der Waals surface area contributed by atoms with Gasteiger partial charge in [0.05, 0.1) is 6.10 Å². The number of rotatable bonds is 2. The van der Waals surface area contributed by atoms with Gasteiger partial charge < -0.3 is 10.8 Å². The minimum absolute atomic E-state index is 0.251. The lowest BCUT2D eigenvalue weighted by atomic mass is 10.1. The standard InChI is InChI=1S/C8H12N2O/c1-6(9)8(11)7-3-2-4-10-5-7/h2-6,8,11H,9H2,1H3/t6-,8+/m1/s1. The first-order chi connectivity index (χ1) is 5.22. The predicted octanol–water partition coefficient (Wildman–Crippen LogP) is 0.462. The van der Waals surface area contributed by atoms with E-state index in [4.69, 9.17) is 5.73 Å². The molecule has 2 atom stereocenters. The van der Waals surface area contributed by atoms with Gasteiger partial charge in [-0.15, -0.1) is 0 Å². The Morgan fingerprint density at radius 2 is 2.36 bits per heavy atom. The lowest BCUT2D eigenvalue weighted by molar-refractivity contribution is 0.153. The molecule has 1 aromatic heterocycles. The Morgan fingerprint density at radius 1 is 1.64 bits per heavy atom. The van der Waals surface area contributed by atoms with Gasteiger partial charge in [-0.05, 0) is 13.0 Å². The molecule has 60 valence electrons. The molecule has 0 aliphatic heterocycles. The van der Waals surface area contributed by atoms with Crippen LogP contribution in [0.4, 0.5) is 0 Å². The van der Waals surface area contributed by atoms with E-state index in [-0.39, 0.29) is 6.04 Å². The monoisotopic (exact) mass is 152 g/mol. The molecule has 0 aromatic carbocycles. The van der Waals surface area contributed by atoms with Crippen LogP contribution >= 0.6 is 0 Å². The highest BCUT2D eigenvalue weighted by Gasteiger charge is 2.10. The quantitative estimate of drug-likeness (QED) is 0.647. The third-order valence-corrected chi connectivity index (χ3v) is 1.52. The van der Waals surface area contributed by atoms with Crippen LogP contribution in [0.2, 0.25) is 0 Å². The summed E-state index contributed by atoms with van der Waals surface area (Å²) >= 11 is 0. The highest BCUT2D eigenvalue weighted by Crippen LogP contribution is 2.12. The lowest BCUT2D eigenvalue weighted by Gasteiger charge is -2.13. The van der Waals surface area contributed by atoms with Gasteiger partial charge in [0.1, 0.15) is 0 Å². The van der Waals surface area contributed by atoms with E-state index in [1.807, 2.05) is 0 Å². The molecule has 0 bridgehead atoms. The Kier molecular flexibility index (Phi) is 2.57. The molecule has 1 aromatic rings. The molecule has 0 aliphatic carbocycles. The molecule has 11 heavy (non-hydrogen) atoms. The smallest absolute Gasteiger partial charge is 0.0952 e. The number of hydrogen-bond donors (Lipinski definition) is 2. The van der Waals surface area contributed by atoms with Crippen molar-refractivity contribution in [1.82, 2.24) is 4.98 Å². The van der Waals surface area contributed by atoms with Crippen molar-refractivity contribution in [1.29, 1.82) is 0 Å². The van der Waals surface area contributed by atoms with Crippen LogP contribution in [0, 0.1) is 0 Å². The maximum atomic E-state index is 9.43. The molecule has 0 fully saturated rings. The first kappa shape index (κ1) is 8.17. The van der Waals surface area contributed by atoms with Gasteiger partial charge in [-0.25, -0.2) is 0 Å². The molecule has 3 nitrogen and oxygen atoms in total. The highest BCUT2D eigenvalue weighted by atomic mass is 16.3. The van der Waals surface area contributed by atoms with E-state index in [1.165, 1.54) is 0 Å². The minimum atomic E-state index is -0.608. The molecular formula is C8H12N2O.